The molecule has 2 aromatic rings. The summed E-state index contributed by atoms with van der Waals surface area (Å²) in [4.78, 5) is 11.9. The maximum atomic E-state index is 13.7. The summed E-state index contributed by atoms with van der Waals surface area (Å²) in [5.74, 6) is -2.32. The summed E-state index contributed by atoms with van der Waals surface area (Å²) in [6.45, 7) is 1.42. The van der Waals surface area contributed by atoms with Crippen LogP contribution >= 0.6 is 0 Å². The topological polar surface area (TPSA) is 50.4 Å². The van der Waals surface area contributed by atoms with Crippen LogP contribution in [0.2, 0.25) is 0 Å². The van der Waals surface area contributed by atoms with Gasteiger partial charge in [0.2, 0.25) is 5.91 Å². The lowest BCUT2D eigenvalue weighted by Crippen LogP contribution is -2.30. The SMILES string of the molecule is C[C@H](NCC(=O)Nc1ccc(OC(F)(F)F)cc1)c1ccc(F)cc1F. The molecule has 0 spiro atoms. The van der Waals surface area contributed by atoms with Crippen LogP contribution in [-0.4, -0.2) is 18.8 Å². The molecule has 0 saturated heterocycles. The Morgan fingerprint density at radius 3 is 2.35 bits per heavy atom. The first kappa shape index (κ1) is 19.6. The second-order valence-corrected chi connectivity index (χ2v) is 5.39. The summed E-state index contributed by atoms with van der Waals surface area (Å²) >= 11 is 0. The lowest BCUT2D eigenvalue weighted by molar-refractivity contribution is -0.274. The van der Waals surface area contributed by atoms with Crippen molar-refractivity contribution in [2.45, 2.75) is 19.3 Å². The first-order valence-corrected chi connectivity index (χ1v) is 7.48. The highest BCUT2D eigenvalue weighted by atomic mass is 19.4. The lowest BCUT2D eigenvalue weighted by Gasteiger charge is -2.15. The van der Waals surface area contributed by atoms with Gasteiger partial charge in [0.15, 0.2) is 0 Å². The second kappa shape index (κ2) is 8.13. The zero-order valence-electron chi connectivity index (χ0n) is 13.5. The molecule has 0 saturated carbocycles. The van der Waals surface area contributed by atoms with Crippen molar-refractivity contribution < 1.29 is 31.5 Å². The fourth-order valence-corrected chi connectivity index (χ4v) is 2.15. The van der Waals surface area contributed by atoms with Crippen LogP contribution in [0.4, 0.5) is 27.6 Å². The molecule has 0 radical (unpaired) electrons. The first-order valence-electron chi connectivity index (χ1n) is 7.48. The van der Waals surface area contributed by atoms with Gasteiger partial charge in [-0.2, -0.15) is 0 Å². The number of hydrogen-bond donors (Lipinski definition) is 2. The molecule has 0 bridgehead atoms. The third-order valence-electron chi connectivity index (χ3n) is 3.37. The van der Waals surface area contributed by atoms with Crippen LogP contribution in [0.1, 0.15) is 18.5 Å². The van der Waals surface area contributed by atoms with Gasteiger partial charge in [-0.3, -0.25) is 4.79 Å². The maximum absolute atomic E-state index is 13.7. The Morgan fingerprint density at radius 1 is 1.12 bits per heavy atom. The van der Waals surface area contributed by atoms with Crippen LogP contribution in [0.25, 0.3) is 0 Å². The van der Waals surface area contributed by atoms with Crippen molar-refractivity contribution in [1.29, 1.82) is 0 Å². The number of alkyl halides is 3. The summed E-state index contributed by atoms with van der Waals surface area (Å²) in [6, 6.07) is 7.22. The van der Waals surface area contributed by atoms with Gasteiger partial charge in [-0.05, 0) is 37.3 Å². The Balaban J connectivity index is 1.86. The van der Waals surface area contributed by atoms with E-state index in [2.05, 4.69) is 15.4 Å². The predicted molar refractivity (Wildman–Crippen MR) is 84.5 cm³/mol. The van der Waals surface area contributed by atoms with Gasteiger partial charge < -0.3 is 15.4 Å². The van der Waals surface area contributed by atoms with E-state index in [1.54, 1.807) is 6.92 Å². The average Bonchev–Trinajstić information content (AvgIpc) is 2.53. The van der Waals surface area contributed by atoms with Crippen molar-refractivity contribution in [3.8, 4) is 5.75 Å². The number of anilines is 1. The van der Waals surface area contributed by atoms with Gasteiger partial charge in [0.05, 0.1) is 6.54 Å². The molecule has 0 aliphatic carbocycles. The third-order valence-corrected chi connectivity index (χ3v) is 3.37. The zero-order chi connectivity index (χ0) is 19.3. The zero-order valence-corrected chi connectivity index (χ0v) is 13.5. The van der Waals surface area contributed by atoms with Gasteiger partial charge in [0.25, 0.3) is 0 Å². The van der Waals surface area contributed by atoms with E-state index in [-0.39, 0.29) is 17.8 Å². The van der Waals surface area contributed by atoms with Crippen molar-refractivity contribution in [2.75, 3.05) is 11.9 Å². The molecule has 1 amide bonds. The molecule has 0 aliphatic rings. The molecule has 2 N–H and O–H groups in total. The minimum absolute atomic E-state index is 0.182. The quantitative estimate of drug-likeness (QED) is 0.747. The number of amides is 1. The third kappa shape index (κ3) is 5.99. The fraction of sp³-hybridized carbons (Fsp3) is 0.235. The second-order valence-electron chi connectivity index (χ2n) is 5.39. The van der Waals surface area contributed by atoms with Crippen LogP contribution in [0.3, 0.4) is 0 Å². The first-order chi connectivity index (χ1) is 12.1. The number of carbonyl (C=O) groups excluding carboxylic acids is 1. The standard InChI is InChI=1S/C17H15F5N2O2/c1-10(14-7-2-11(18)8-15(14)19)23-9-16(25)24-12-3-5-13(6-4-12)26-17(20,21)22/h2-8,10,23H,9H2,1H3,(H,24,25)/t10-/m0/s1. The van der Waals surface area contributed by atoms with Crippen molar-refractivity contribution in [2.24, 2.45) is 0 Å². The summed E-state index contributed by atoms with van der Waals surface area (Å²) in [5.41, 5.74) is 0.472. The molecule has 0 heterocycles. The van der Waals surface area contributed by atoms with Gasteiger partial charge >= 0.3 is 6.36 Å². The van der Waals surface area contributed by atoms with Gasteiger partial charge in [-0.25, -0.2) is 8.78 Å². The number of carbonyl (C=O) groups is 1. The van der Waals surface area contributed by atoms with Crippen LogP contribution in [0.15, 0.2) is 42.5 Å². The molecule has 4 nitrogen and oxygen atoms in total. The molecule has 0 aliphatic heterocycles. The molecule has 26 heavy (non-hydrogen) atoms. The Labute approximate surface area is 146 Å². The monoisotopic (exact) mass is 374 g/mol. The number of hydrogen-bond acceptors (Lipinski definition) is 3. The van der Waals surface area contributed by atoms with Gasteiger partial charge in [0, 0.05) is 23.4 Å². The summed E-state index contributed by atoms with van der Waals surface area (Å²) < 4.78 is 66.5. The minimum Gasteiger partial charge on any atom is -0.406 e. The minimum atomic E-state index is -4.79. The Morgan fingerprint density at radius 2 is 1.77 bits per heavy atom. The molecule has 140 valence electrons. The van der Waals surface area contributed by atoms with E-state index in [1.807, 2.05) is 0 Å². The van der Waals surface area contributed by atoms with Crippen molar-refractivity contribution in [3.63, 3.8) is 0 Å². The number of ether oxygens (including phenoxy) is 1. The molecule has 1 atom stereocenters. The van der Waals surface area contributed by atoms with E-state index in [1.165, 1.54) is 18.2 Å². The highest BCUT2D eigenvalue weighted by molar-refractivity contribution is 5.92. The van der Waals surface area contributed by atoms with Crippen LogP contribution < -0.4 is 15.4 Å². The van der Waals surface area contributed by atoms with Gasteiger partial charge in [-0.15, -0.1) is 13.2 Å². The van der Waals surface area contributed by atoms with Gasteiger partial charge in [0.1, 0.15) is 17.4 Å². The van der Waals surface area contributed by atoms with Crippen molar-refractivity contribution in [1.82, 2.24) is 5.32 Å². The van der Waals surface area contributed by atoms with Crippen molar-refractivity contribution in [3.05, 3.63) is 59.7 Å². The molecule has 9 heteroatoms. The number of halogens is 5. The molecule has 0 unspecified atom stereocenters. The van der Waals surface area contributed by atoms with E-state index in [4.69, 9.17) is 0 Å². The van der Waals surface area contributed by atoms with Crippen LogP contribution in [-0.2, 0) is 4.79 Å². The maximum Gasteiger partial charge on any atom is 0.573 e. The average molecular weight is 374 g/mol. The van der Waals surface area contributed by atoms with Crippen molar-refractivity contribution >= 4 is 11.6 Å². The number of nitrogens with one attached hydrogen (secondary N) is 2. The molecule has 2 rings (SSSR count). The predicted octanol–water partition coefficient (Wildman–Crippen LogP) is 4.15. The number of benzene rings is 2. The van der Waals surface area contributed by atoms with Crippen LogP contribution in [0.5, 0.6) is 5.75 Å². The van der Waals surface area contributed by atoms with Gasteiger partial charge in [-0.1, -0.05) is 6.07 Å². The lowest BCUT2D eigenvalue weighted by atomic mass is 10.1. The largest absolute Gasteiger partial charge is 0.573 e. The Hall–Kier alpha value is -2.68. The highest BCUT2D eigenvalue weighted by Crippen LogP contribution is 2.24. The Kier molecular flexibility index (Phi) is 6.14. The van der Waals surface area contributed by atoms with E-state index in [0.717, 1.165) is 24.3 Å². The van der Waals surface area contributed by atoms with E-state index < -0.39 is 35.7 Å². The normalized spacial score (nSPS) is 12.5. The molecular weight excluding hydrogens is 359 g/mol. The van der Waals surface area contributed by atoms with Crippen LogP contribution in [0, 0.1) is 11.6 Å². The summed E-state index contributed by atoms with van der Waals surface area (Å²) in [6.07, 6.45) is -4.79. The smallest absolute Gasteiger partial charge is 0.406 e. The van der Waals surface area contributed by atoms with E-state index >= 15 is 0 Å². The number of rotatable bonds is 6. The highest BCUT2D eigenvalue weighted by Gasteiger charge is 2.30. The fourth-order valence-electron chi connectivity index (χ4n) is 2.15. The molecular formula is C17H15F5N2O2. The Bertz CT molecular complexity index is 763. The van der Waals surface area contributed by atoms with E-state index in [9.17, 15) is 26.7 Å². The summed E-state index contributed by atoms with van der Waals surface area (Å²) in [5, 5.41) is 5.24. The van der Waals surface area contributed by atoms with E-state index in [0.29, 0.717) is 0 Å². The summed E-state index contributed by atoms with van der Waals surface area (Å²) in [7, 11) is 0. The molecule has 0 fully saturated rings. The molecule has 0 aromatic heterocycles. The molecule has 2 aromatic carbocycles.